The van der Waals surface area contributed by atoms with E-state index in [2.05, 4.69) is 4.98 Å². The predicted octanol–water partition coefficient (Wildman–Crippen LogP) is 2.73. The maximum absolute atomic E-state index is 11.5. The fourth-order valence-electron chi connectivity index (χ4n) is 2.25. The highest BCUT2D eigenvalue weighted by molar-refractivity contribution is 6.30. The molecule has 1 fully saturated rings. The average Bonchev–Trinajstić information content (AvgIpc) is 2.71. The third kappa shape index (κ3) is 2.05. The number of carbonyl (C=O) groups excluding carboxylic acids is 1. The van der Waals surface area contributed by atoms with E-state index in [4.69, 9.17) is 11.6 Å². The minimum atomic E-state index is 0.134. The smallest absolute Gasteiger partial charge is 0.219 e. The van der Waals surface area contributed by atoms with E-state index in [-0.39, 0.29) is 11.9 Å². The maximum atomic E-state index is 11.5. The second-order valence-electron chi connectivity index (χ2n) is 4.25. The van der Waals surface area contributed by atoms with Crippen LogP contribution in [0.2, 0.25) is 5.15 Å². The van der Waals surface area contributed by atoms with Crippen molar-refractivity contribution < 1.29 is 4.79 Å². The zero-order valence-electron chi connectivity index (χ0n) is 9.53. The van der Waals surface area contributed by atoms with Crippen LogP contribution in [0.5, 0.6) is 0 Å². The van der Waals surface area contributed by atoms with Gasteiger partial charge in [0, 0.05) is 19.7 Å². The zero-order valence-corrected chi connectivity index (χ0v) is 10.3. The summed E-state index contributed by atoms with van der Waals surface area (Å²) in [6.45, 7) is 4.40. The average molecular weight is 239 g/mol. The summed E-state index contributed by atoms with van der Waals surface area (Å²) in [5, 5.41) is 0.538. The first-order valence-corrected chi connectivity index (χ1v) is 5.86. The molecule has 1 aromatic heterocycles. The number of hydrogen-bond acceptors (Lipinski definition) is 2. The topological polar surface area (TPSA) is 33.2 Å². The van der Waals surface area contributed by atoms with Gasteiger partial charge in [-0.3, -0.25) is 4.79 Å². The van der Waals surface area contributed by atoms with Crippen molar-refractivity contribution in [3.63, 3.8) is 0 Å². The Hall–Kier alpha value is -1.09. The van der Waals surface area contributed by atoms with Gasteiger partial charge in [-0.15, -0.1) is 0 Å². The van der Waals surface area contributed by atoms with E-state index in [1.165, 1.54) is 0 Å². The molecule has 1 aromatic rings. The van der Waals surface area contributed by atoms with Crippen molar-refractivity contribution in [2.75, 3.05) is 6.54 Å². The van der Waals surface area contributed by atoms with Crippen LogP contribution in [0.25, 0.3) is 0 Å². The Morgan fingerprint density at radius 2 is 2.38 bits per heavy atom. The summed E-state index contributed by atoms with van der Waals surface area (Å²) in [6, 6.07) is 2.21. The number of carbonyl (C=O) groups is 1. The Labute approximate surface area is 100 Å². The lowest BCUT2D eigenvalue weighted by molar-refractivity contribution is -0.129. The number of nitrogens with zero attached hydrogens (tertiary/aromatic N) is 2. The lowest BCUT2D eigenvalue weighted by Gasteiger charge is -2.23. The molecule has 0 spiro atoms. The quantitative estimate of drug-likeness (QED) is 0.705. The van der Waals surface area contributed by atoms with Crippen LogP contribution in [0, 0.1) is 6.92 Å². The van der Waals surface area contributed by atoms with Gasteiger partial charge >= 0.3 is 0 Å². The van der Waals surface area contributed by atoms with Crippen molar-refractivity contribution >= 4 is 17.5 Å². The number of halogens is 1. The highest BCUT2D eigenvalue weighted by Crippen LogP contribution is 2.32. The van der Waals surface area contributed by atoms with Gasteiger partial charge < -0.3 is 4.90 Å². The van der Waals surface area contributed by atoms with Crippen LogP contribution in [0.1, 0.15) is 36.9 Å². The zero-order chi connectivity index (χ0) is 11.7. The van der Waals surface area contributed by atoms with Crippen LogP contribution in [-0.4, -0.2) is 22.3 Å². The van der Waals surface area contributed by atoms with Crippen LogP contribution in [0.15, 0.2) is 12.3 Å². The fourth-order valence-corrected chi connectivity index (χ4v) is 2.36. The maximum Gasteiger partial charge on any atom is 0.219 e. The lowest BCUT2D eigenvalue weighted by Crippen LogP contribution is -2.28. The van der Waals surface area contributed by atoms with Gasteiger partial charge in [-0.05, 0) is 37.0 Å². The molecule has 0 bridgehead atoms. The number of aryl methyl sites for hydroxylation is 1. The van der Waals surface area contributed by atoms with Crippen molar-refractivity contribution in [1.82, 2.24) is 9.88 Å². The summed E-state index contributed by atoms with van der Waals surface area (Å²) in [4.78, 5) is 17.5. The van der Waals surface area contributed by atoms with Gasteiger partial charge in [0.25, 0.3) is 0 Å². The van der Waals surface area contributed by atoms with Crippen molar-refractivity contribution in [2.24, 2.45) is 0 Å². The van der Waals surface area contributed by atoms with Crippen LogP contribution in [-0.2, 0) is 4.79 Å². The van der Waals surface area contributed by atoms with Gasteiger partial charge in [-0.2, -0.15) is 0 Å². The van der Waals surface area contributed by atoms with E-state index in [1.807, 2.05) is 17.9 Å². The van der Waals surface area contributed by atoms with Crippen molar-refractivity contribution in [3.8, 4) is 0 Å². The molecule has 1 amide bonds. The minimum absolute atomic E-state index is 0.134. The predicted molar refractivity (Wildman–Crippen MR) is 63.3 cm³/mol. The van der Waals surface area contributed by atoms with E-state index in [0.29, 0.717) is 5.15 Å². The summed E-state index contributed by atoms with van der Waals surface area (Å²) in [6.07, 6.45) is 3.86. The molecular formula is C12H15ClN2O. The monoisotopic (exact) mass is 238 g/mol. The molecule has 1 saturated heterocycles. The third-order valence-corrected chi connectivity index (χ3v) is 3.47. The third-order valence-electron chi connectivity index (χ3n) is 3.08. The van der Waals surface area contributed by atoms with E-state index < -0.39 is 0 Å². The number of aromatic nitrogens is 1. The SMILES string of the molecule is CC(=O)N1CCC[C@@H]1c1cnc(Cl)c(C)c1. The van der Waals surface area contributed by atoms with Gasteiger partial charge in [0.1, 0.15) is 5.15 Å². The first-order valence-electron chi connectivity index (χ1n) is 5.49. The molecule has 4 heteroatoms. The van der Waals surface area contributed by atoms with Crippen LogP contribution in [0.3, 0.4) is 0 Å². The normalized spacial score (nSPS) is 20.2. The molecule has 1 aliphatic rings. The van der Waals surface area contributed by atoms with Crippen LogP contribution < -0.4 is 0 Å². The van der Waals surface area contributed by atoms with Crippen molar-refractivity contribution in [1.29, 1.82) is 0 Å². The number of rotatable bonds is 1. The summed E-state index contributed by atoms with van der Waals surface area (Å²) in [5.41, 5.74) is 2.06. The van der Waals surface area contributed by atoms with E-state index >= 15 is 0 Å². The molecule has 16 heavy (non-hydrogen) atoms. The Morgan fingerprint density at radius 1 is 1.62 bits per heavy atom. The lowest BCUT2D eigenvalue weighted by atomic mass is 10.1. The molecule has 1 aliphatic heterocycles. The molecule has 0 saturated carbocycles. The highest BCUT2D eigenvalue weighted by atomic mass is 35.5. The molecule has 86 valence electrons. The molecule has 0 N–H and O–H groups in total. The first kappa shape index (κ1) is 11.4. The second-order valence-corrected chi connectivity index (χ2v) is 4.60. The van der Waals surface area contributed by atoms with Crippen molar-refractivity contribution in [2.45, 2.75) is 32.7 Å². The summed E-state index contributed by atoms with van der Waals surface area (Å²) < 4.78 is 0. The summed E-state index contributed by atoms with van der Waals surface area (Å²) in [7, 11) is 0. The van der Waals surface area contributed by atoms with Crippen LogP contribution >= 0.6 is 11.6 Å². The summed E-state index contributed by atoms with van der Waals surface area (Å²) >= 11 is 5.89. The Bertz CT molecular complexity index is 419. The number of hydrogen-bond donors (Lipinski definition) is 0. The molecule has 0 aromatic carbocycles. The van der Waals surface area contributed by atoms with Gasteiger partial charge in [0.2, 0.25) is 5.91 Å². The number of pyridine rings is 1. The first-order chi connectivity index (χ1) is 7.59. The van der Waals surface area contributed by atoms with E-state index in [1.54, 1.807) is 13.1 Å². The molecular weight excluding hydrogens is 224 g/mol. The van der Waals surface area contributed by atoms with E-state index in [9.17, 15) is 4.79 Å². The highest BCUT2D eigenvalue weighted by Gasteiger charge is 2.28. The molecule has 0 radical (unpaired) electrons. The Balaban J connectivity index is 2.29. The number of likely N-dealkylation sites (tertiary alicyclic amines) is 1. The summed E-state index contributed by atoms with van der Waals surface area (Å²) in [5.74, 6) is 0.134. The van der Waals surface area contributed by atoms with Crippen molar-refractivity contribution in [3.05, 3.63) is 28.5 Å². The van der Waals surface area contributed by atoms with Gasteiger partial charge in [-0.1, -0.05) is 11.6 Å². The molecule has 2 heterocycles. The Kier molecular flexibility index (Phi) is 3.15. The van der Waals surface area contributed by atoms with Gasteiger partial charge in [0.05, 0.1) is 6.04 Å². The molecule has 2 rings (SSSR count). The van der Waals surface area contributed by atoms with Gasteiger partial charge in [-0.25, -0.2) is 4.98 Å². The fraction of sp³-hybridized carbons (Fsp3) is 0.500. The molecule has 0 unspecified atom stereocenters. The largest absolute Gasteiger partial charge is 0.336 e. The van der Waals surface area contributed by atoms with Gasteiger partial charge in [0.15, 0.2) is 0 Å². The minimum Gasteiger partial charge on any atom is -0.336 e. The standard InChI is InChI=1S/C12H15ClN2O/c1-8-6-10(7-14-12(8)13)11-4-3-5-15(11)9(2)16/h6-7,11H,3-5H2,1-2H3/t11-/m1/s1. The molecule has 0 aliphatic carbocycles. The number of amides is 1. The van der Waals surface area contributed by atoms with Crippen LogP contribution in [0.4, 0.5) is 0 Å². The Morgan fingerprint density at radius 3 is 3.00 bits per heavy atom. The molecule has 3 nitrogen and oxygen atoms in total. The molecule has 1 atom stereocenters. The second kappa shape index (κ2) is 4.42. The van der Waals surface area contributed by atoms with E-state index in [0.717, 1.165) is 30.5 Å².